The fourth-order valence-electron chi connectivity index (χ4n) is 4.15. The zero-order valence-electron chi connectivity index (χ0n) is 16.9. The maximum atomic E-state index is 13.5. The Hall–Kier alpha value is -2.88. The third-order valence-corrected chi connectivity index (χ3v) is 5.72. The second kappa shape index (κ2) is 8.64. The number of hydrogen-bond acceptors (Lipinski definition) is 1. The summed E-state index contributed by atoms with van der Waals surface area (Å²) in [6.07, 6.45) is 6.30. The minimum Gasteiger partial charge on any atom is -0.349 e. The summed E-state index contributed by atoms with van der Waals surface area (Å²) in [6, 6.07) is 18.4. The topological polar surface area (TPSA) is 25.2 Å². The molecule has 3 nitrogen and oxygen atoms in total. The van der Waals surface area contributed by atoms with Crippen LogP contribution in [-0.2, 0) is 13.0 Å². The van der Waals surface area contributed by atoms with Crippen LogP contribution in [0.15, 0.2) is 66.9 Å². The van der Waals surface area contributed by atoms with E-state index in [1.54, 1.807) is 12.1 Å². The molecular weight excluding hydrogens is 363 g/mol. The number of hydrogen-bond donors (Lipinski definition) is 0. The van der Waals surface area contributed by atoms with E-state index in [1.165, 1.54) is 17.7 Å². The molecule has 0 bridgehead atoms. The largest absolute Gasteiger partial charge is 0.349 e. The molecule has 0 spiro atoms. The first-order valence-electron chi connectivity index (χ1n) is 10.5. The minimum atomic E-state index is -0.265. The van der Waals surface area contributed by atoms with Crippen LogP contribution in [0.5, 0.6) is 0 Å². The Morgan fingerprint density at radius 2 is 1.79 bits per heavy atom. The maximum Gasteiger partial charge on any atom is 0.254 e. The van der Waals surface area contributed by atoms with Crippen molar-refractivity contribution in [2.75, 3.05) is 6.54 Å². The third-order valence-electron chi connectivity index (χ3n) is 5.72. The lowest BCUT2D eigenvalue weighted by Crippen LogP contribution is -2.35. The van der Waals surface area contributed by atoms with Crippen LogP contribution in [0.3, 0.4) is 0 Å². The molecule has 0 fully saturated rings. The van der Waals surface area contributed by atoms with Crippen LogP contribution in [0.4, 0.5) is 4.39 Å². The first kappa shape index (κ1) is 19.4. The fourth-order valence-corrected chi connectivity index (χ4v) is 4.15. The molecule has 0 N–H and O–H groups in total. The van der Waals surface area contributed by atoms with Gasteiger partial charge in [-0.3, -0.25) is 4.79 Å². The summed E-state index contributed by atoms with van der Waals surface area (Å²) in [5.74, 6) is -0.241. The first-order chi connectivity index (χ1) is 14.2. The standard InChI is InChI=1S/C25H27FN2O/c1-2-3-6-19-8-10-21(11-9-19)25(29)28-18-5-17-27-16-4-7-23(27)24(28)20-12-14-22(26)15-13-20/h4,7-16,24H,2-3,5-6,17-18H2,1H3. The average Bonchev–Trinajstić information content (AvgIpc) is 3.13. The minimum absolute atomic E-state index is 0.0241. The molecule has 4 heteroatoms. The summed E-state index contributed by atoms with van der Waals surface area (Å²) in [5.41, 5.74) is 3.98. The van der Waals surface area contributed by atoms with E-state index in [-0.39, 0.29) is 17.8 Å². The van der Waals surface area contributed by atoms with Crippen LogP contribution in [0.1, 0.15) is 59.4 Å². The van der Waals surface area contributed by atoms with Crippen molar-refractivity contribution in [1.82, 2.24) is 9.47 Å². The molecule has 3 aromatic rings. The molecule has 2 heterocycles. The van der Waals surface area contributed by atoms with Gasteiger partial charge in [0.2, 0.25) is 0 Å². The van der Waals surface area contributed by atoms with Gasteiger partial charge in [-0.2, -0.15) is 0 Å². The Morgan fingerprint density at radius 3 is 2.52 bits per heavy atom. The number of fused-ring (bicyclic) bond motifs is 1. The highest BCUT2D eigenvalue weighted by Gasteiger charge is 2.31. The molecule has 0 saturated heterocycles. The molecular formula is C25H27FN2O. The lowest BCUT2D eigenvalue weighted by atomic mass is 10.00. The van der Waals surface area contributed by atoms with Crippen molar-refractivity contribution < 1.29 is 9.18 Å². The van der Waals surface area contributed by atoms with Gasteiger partial charge in [0.25, 0.3) is 5.91 Å². The van der Waals surface area contributed by atoms with E-state index in [0.717, 1.165) is 43.5 Å². The van der Waals surface area contributed by atoms with E-state index in [0.29, 0.717) is 12.1 Å². The average molecular weight is 391 g/mol. The van der Waals surface area contributed by atoms with Gasteiger partial charge in [0.05, 0.1) is 6.04 Å². The summed E-state index contributed by atoms with van der Waals surface area (Å²) < 4.78 is 15.7. The quantitative estimate of drug-likeness (QED) is 0.556. The molecule has 1 amide bonds. The van der Waals surface area contributed by atoms with Gasteiger partial charge in [-0.15, -0.1) is 0 Å². The molecule has 1 aromatic heterocycles. The van der Waals surface area contributed by atoms with E-state index in [4.69, 9.17) is 0 Å². The number of benzene rings is 2. The van der Waals surface area contributed by atoms with E-state index in [2.05, 4.69) is 35.9 Å². The molecule has 1 aliphatic heterocycles. The van der Waals surface area contributed by atoms with Crippen molar-refractivity contribution >= 4 is 5.91 Å². The first-order valence-corrected chi connectivity index (χ1v) is 10.5. The Balaban J connectivity index is 1.68. The van der Waals surface area contributed by atoms with Crippen LogP contribution in [0, 0.1) is 5.82 Å². The smallest absolute Gasteiger partial charge is 0.254 e. The Morgan fingerprint density at radius 1 is 1.03 bits per heavy atom. The van der Waals surface area contributed by atoms with Gasteiger partial charge < -0.3 is 9.47 Å². The van der Waals surface area contributed by atoms with E-state index < -0.39 is 0 Å². The summed E-state index contributed by atoms with van der Waals surface area (Å²) in [4.78, 5) is 15.4. The van der Waals surface area contributed by atoms with Crippen LogP contribution >= 0.6 is 0 Å². The number of nitrogens with zero attached hydrogens (tertiary/aromatic N) is 2. The molecule has 0 aliphatic carbocycles. The van der Waals surface area contributed by atoms with Crippen molar-refractivity contribution in [3.8, 4) is 0 Å². The fraction of sp³-hybridized carbons (Fsp3) is 0.320. The Bertz CT molecular complexity index is 959. The van der Waals surface area contributed by atoms with Gasteiger partial charge in [0.1, 0.15) is 5.82 Å². The molecule has 2 aromatic carbocycles. The number of carbonyl (C=O) groups excluding carboxylic acids is 1. The number of halogens is 1. The van der Waals surface area contributed by atoms with E-state index >= 15 is 0 Å². The highest BCUT2D eigenvalue weighted by Crippen LogP contribution is 2.33. The van der Waals surface area contributed by atoms with Gasteiger partial charge in [0.15, 0.2) is 0 Å². The lowest BCUT2D eigenvalue weighted by molar-refractivity contribution is 0.0709. The van der Waals surface area contributed by atoms with Gasteiger partial charge in [-0.05, 0) is 66.8 Å². The number of amides is 1. The molecule has 4 rings (SSSR count). The molecule has 1 atom stereocenters. The van der Waals surface area contributed by atoms with Gasteiger partial charge in [-0.25, -0.2) is 4.39 Å². The number of aryl methyl sites for hydroxylation is 2. The predicted molar refractivity (Wildman–Crippen MR) is 113 cm³/mol. The number of aromatic nitrogens is 1. The van der Waals surface area contributed by atoms with E-state index in [1.807, 2.05) is 23.1 Å². The summed E-state index contributed by atoms with van der Waals surface area (Å²) in [6.45, 7) is 3.72. The molecule has 0 radical (unpaired) electrons. The van der Waals surface area contributed by atoms with Crippen LogP contribution in [-0.4, -0.2) is 21.9 Å². The molecule has 0 saturated carbocycles. The zero-order valence-corrected chi connectivity index (χ0v) is 16.9. The highest BCUT2D eigenvalue weighted by atomic mass is 19.1. The number of carbonyl (C=O) groups is 1. The normalized spacial score (nSPS) is 16.3. The molecule has 29 heavy (non-hydrogen) atoms. The number of rotatable bonds is 5. The molecule has 1 aliphatic rings. The Labute approximate surface area is 171 Å². The van der Waals surface area contributed by atoms with Crippen LogP contribution < -0.4 is 0 Å². The van der Waals surface area contributed by atoms with Crippen molar-refractivity contribution in [2.45, 2.75) is 45.2 Å². The SMILES string of the molecule is CCCCc1ccc(C(=O)N2CCCn3cccc3C2c2ccc(F)cc2)cc1. The van der Waals surface area contributed by atoms with Gasteiger partial charge >= 0.3 is 0 Å². The predicted octanol–water partition coefficient (Wildman–Crippen LogP) is 5.61. The molecule has 1 unspecified atom stereocenters. The van der Waals surface area contributed by atoms with Crippen molar-refractivity contribution in [1.29, 1.82) is 0 Å². The van der Waals surface area contributed by atoms with Crippen LogP contribution in [0.25, 0.3) is 0 Å². The van der Waals surface area contributed by atoms with Crippen LogP contribution in [0.2, 0.25) is 0 Å². The zero-order chi connectivity index (χ0) is 20.2. The van der Waals surface area contributed by atoms with E-state index in [9.17, 15) is 9.18 Å². The van der Waals surface area contributed by atoms with Gasteiger partial charge in [0, 0.05) is 30.5 Å². The highest BCUT2D eigenvalue weighted by molar-refractivity contribution is 5.94. The summed E-state index contributed by atoms with van der Waals surface area (Å²) in [5, 5.41) is 0. The second-order valence-corrected chi connectivity index (χ2v) is 7.73. The molecule has 150 valence electrons. The second-order valence-electron chi connectivity index (χ2n) is 7.73. The maximum absolute atomic E-state index is 13.5. The third kappa shape index (κ3) is 4.12. The van der Waals surface area contributed by atoms with Crippen molar-refractivity contribution in [2.24, 2.45) is 0 Å². The van der Waals surface area contributed by atoms with Gasteiger partial charge in [-0.1, -0.05) is 37.6 Å². The number of unbranched alkanes of at least 4 members (excludes halogenated alkanes) is 1. The summed E-state index contributed by atoms with van der Waals surface area (Å²) in [7, 11) is 0. The monoisotopic (exact) mass is 390 g/mol. The Kier molecular flexibility index (Phi) is 5.79. The lowest BCUT2D eigenvalue weighted by Gasteiger charge is -2.31. The van der Waals surface area contributed by atoms with Crippen molar-refractivity contribution in [3.63, 3.8) is 0 Å². The summed E-state index contributed by atoms with van der Waals surface area (Å²) >= 11 is 0. The van der Waals surface area contributed by atoms with Crippen molar-refractivity contribution in [3.05, 3.63) is 95.1 Å².